The summed E-state index contributed by atoms with van der Waals surface area (Å²) in [5.74, 6) is 0. The highest BCUT2D eigenvalue weighted by Crippen LogP contribution is 2.37. The maximum absolute atomic E-state index is 13.2. The van der Waals surface area contributed by atoms with Crippen molar-refractivity contribution in [3.63, 3.8) is 0 Å². The first-order chi connectivity index (χ1) is 11.3. The molecule has 3 rings (SSSR count). The highest BCUT2D eigenvalue weighted by atomic mass is 19.4. The van der Waals surface area contributed by atoms with Gasteiger partial charge in [-0.25, -0.2) is 0 Å². The van der Waals surface area contributed by atoms with E-state index in [1.54, 1.807) is 6.34 Å². The Hall–Kier alpha value is -2.16. The number of nitrogens with one attached hydrogen (secondary N) is 1. The standard InChI is InChI=1S/C15H20F3N5O/c1-22-9-21-23(10-22)6-14(7-24-8-14)5-20-13-3-2-11(19)4-12(13)15(16,17)18/h2-4,9,20H,5-8,10,19H2,1H3. The monoisotopic (exact) mass is 343 g/mol. The van der Waals surface area contributed by atoms with E-state index in [0.29, 0.717) is 33.0 Å². The van der Waals surface area contributed by atoms with Gasteiger partial charge in [0.1, 0.15) is 13.0 Å². The van der Waals surface area contributed by atoms with Crippen LogP contribution in [0.25, 0.3) is 0 Å². The van der Waals surface area contributed by atoms with E-state index in [-0.39, 0.29) is 16.8 Å². The van der Waals surface area contributed by atoms with Crippen LogP contribution in [-0.2, 0) is 10.9 Å². The van der Waals surface area contributed by atoms with Crippen LogP contribution < -0.4 is 11.1 Å². The molecule has 9 heteroatoms. The number of hydrogen-bond acceptors (Lipinski definition) is 6. The van der Waals surface area contributed by atoms with E-state index >= 15 is 0 Å². The largest absolute Gasteiger partial charge is 0.418 e. The fourth-order valence-electron chi connectivity index (χ4n) is 2.84. The molecule has 1 aromatic rings. The number of halogens is 3. The minimum absolute atomic E-state index is 0.0324. The van der Waals surface area contributed by atoms with E-state index in [2.05, 4.69) is 10.4 Å². The molecule has 6 nitrogen and oxygen atoms in total. The summed E-state index contributed by atoms with van der Waals surface area (Å²) in [5.41, 5.74) is 4.60. The molecular weight excluding hydrogens is 323 g/mol. The molecule has 2 heterocycles. The number of anilines is 2. The molecule has 0 spiro atoms. The van der Waals surface area contributed by atoms with Gasteiger partial charge in [0.05, 0.1) is 24.2 Å². The average Bonchev–Trinajstić information content (AvgIpc) is 2.87. The van der Waals surface area contributed by atoms with Crippen molar-refractivity contribution in [3.05, 3.63) is 23.8 Å². The smallest absolute Gasteiger partial charge is 0.399 e. The summed E-state index contributed by atoms with van der Waals surface area (Å²) in [5, 5.41) is 9.08. The quantitative estimate of drug-likeness (QED) is 0.799. The number of hydrogen-bond donors (Lipinski definition) is 2. The second-order valence-corrected chi connectivity index (χ2v) is 6.44. The molecule has 3 N–H and O–H groups in total. The minimum atomic E-state index is -4.46. The van der Waals surface area contributed by atoms with Crippen molar-refractivity contribution in [2.24, 2.45) is 10.5 Å². The average molecular weight is 343 g/mol. The Morgan fingerprint density at radius 3 is 2.67 bits per heavy atom. The second-order valence-electron chi connectivity index (χ2n) is 6.44. The van der Waals surface area contributed by atoms with Crippen molar-refractivity contribution >= 4 is 17.7 Å². The molecule has 1 fully saturated rings. The summed E-state index contributed by atoms with van der Waals surface area (Å²) in [6.07, 6.45) is -2.73. The summed E-state index contributed by atoms with van der Waals surface area (Å²) in [7, 11) is 1.91. The van der Waals surface area contributed by atoms with Crippen LogP contribution in [-0.4, -0.2) is 56.3 Å². The number of nitrogens with zero attached hydrogens (tertiary/aromatic N) is 3. The number of alkyl halides is 3. The van der Waals surface area contributed by atoms with Gasteiger partial charge in [-0.3, -0.25) is 5.01 Å². The second kappa shape index (κ2) is 6.04. The first kappa shape index (κ1) is 16.7. The topological polar surface area (TPSA) is 66.1 Å². The molecule has 1 saturated heterocycles. The molecule has 0 atom stereocenters. The number of rotatable bonds is 5. The van der Waals surface area contributed by atoms with Gasteiger partial charge in [-0.1, -0.05) is 0 Å². The molecule has 2 aliphatic rings. The predicted octanol–water partition coefficient (Wildman–Crippen LogP) is 1.86. The van der Waals surface area contributed by atoms with Crippen LogP contribution in [0.4, 0.5) is 24.5 Å². The summed E-state index contributed by atoms with van der Waals surface area (Å²) in [6.45, 7) is 2.64. The maximum atomic E-state index is 13.2. The SMILES string of the molecule is CN1C=NN(CC2(CNc3ccc(N)cc3C(F)(F)F)COC2)C1. The van der Waals surface area contributed by atoms with Gasteiger partial charge < -0.3 is 20.7 Å². The normalized spacial score (nSPS) is 19.5. The Morgan fingerprint density at radius 2 is 2.12 bits per heavy atom. The van der Waals surface area contributed by atoms with E-state index in [1.165, 1.54) is 12.1 Å². The number of hydrazone groups is 1. The molecule has 2 aliphatic heterocycles. The van der Waals surface area contributed by atoms with Crippen molar-refractivity contribution < 1.29 is 17.9 Å². The van der Waals surface area contributed by atoms with Crippen LogP contribution in [0.15, 0.2) is 23.3 Å². The zero-order chi connectivity index (χ0) is 17.4. The molecule has 1 aromatic carbocycles. The van der Waals surface area contributed by atoms with Crippen LogP contribution in [0.5, 0.6) is 0 Å². The van der Waals surface area contributed by atoms with Gasteiger partial charge in [0.2, 0.25) is 0 Å². The summed E-state index contributed by atoms with van der Waals surface area (Å²) < 4.78 is 44.8. The molecule has 24 heavy (non-hydrogen) atoms. The zero-order valence-electron chi connectivity index (χ0n) is 13.3. The van der Waals surface area contributed by atoms with Gasteiger partial charge in [-0.15, -0.1) is 0 Å². The molecular formula is C15H20F3N5O. The van der Waals surface area contributed by atoms with Crippen molar-refractivity contribution in [1.29, 1.82) is 0 Å². The minimum Gasteiger partial charge on any atom is -0.399 e. The Balaban J connectivity index is 1.69. The number of benzene rings is 1. The van der Waals surface area contributed by atoms with Gasteiger partial charge >= 0.3 is 6.18 Å². The van der Waals surface area contributed by atoms with E-state index in [0.717, 1.165) is 6.07 Å². The van der Waals surface area contributed by atoms with Crippen molar-refractivity contribution in [2.45, 2.75) is 6.18 Å². The Kier molecular flexibility index (Phi) is 4.20. The lowest BCUT2D eigenvalue weighted by Crippen LogP contribution is -2.54. The van der Waals surface area contributed by atoms with Crippen LogP contribution in [0.2, 0.25) is 0 Å². The van der Waals surface area contributed by atoms with Gasteiger partial charge in [0.15, 0.2) is 0 Å². The van der Waals surface area contributed by atoms with E-state index < -0.39 is 11.7 Å². The first-order valence-electron chi connectivity index (χ1n) is 7.55. The van der Waals surface area contributed by atoms with Crippen molar-refractivity contribution in [1.82, 2.24) is 9.91 Å². The third kappa shape index (κ3) is 3.50. The van der Waals surface area contributed by atoms with Crippen molar-refractivity contribution in [2.75, 3.05) is 51.1 Å². The maximum Gasteiger partial charge on any atom is 0.418 e. The third-order valence-electron chi connectivity index (χ3n) is 4.14. The zero-order valence-corrected chi connectivity index (χ0v) is 13.3. The van der Waals surface area contributed by atoms with Gasteiger partial charge in [-0.05, 0) is 18.2 Å². The van der Waals surface area contributed by atoms with E-state index in [9.17, 15) is 13.2 Å². The molecule has 132 valence electrons. The van der Waals surface area contributed by atoms with Gasteiger partial charge in [0.25, 0.3) is 0 Å². The Morgan fingerprint density at radius 1 is 1.38 bits per heavy atom. The van der Waals surface area contributed by atoms with Crippen LogP contribution in [0, 0.1) is 5.41 Å². The van der Waals surface area contributed by atoms with E-state index in [4.69, 9.17) is 10.5 Å². The third-order valence-corrected chi connectivity index (χ3v) is 4.14. The number of nitrogen functional groups attached to an aromatic ring is 1. The Labute approximate surface area is 138 Å². The molecule has 0 saturated carbocycles. The first-order valence-corrected chi connectivity index (χ1v) is 7.55. The molecule has 0 radical (unpaired) electrons. The number of ether oxygens (including phenoxy) is 1. The lowest BCUT2D eigenvalue weighted by molar-refractivity contribution is -0.137. The van der Waals surface area contributed by atoms with Gasteiger partial charge in [-0.2, -0.15) is 18.3 Å². The van der Waals surface area contributed by atoms with E-state index in [1.807, 2.05) is 17.0 Å². The molecule has 0 amide bonds. The Bertz CT molecular complexity index is 630. The summed E-state index contributed by atoms with van der Waals surface area (Å²) in [6, 6.07) is 3.78. The predicted molar refractivity (Wildman–Crippen MR) is 85.4 cm³/mol. The fourth-order valence-corrected chi connectivity index (χ4v) is 2.84. The summed E-state index contributed by atoms with van der Waals surface area (Å²) in [4.78, 5) is 1.93. The fraction of sp³-hybridized carbons (Fsp3) is 0.533. The lowest BCUT2D eigenvalue weighted by Gasteiger charge is -2.43. The van der Waals surface area contributed by atoms with Crippen molar-refractivity contribution in [3.8, 4) is 0 Å². The number of nitrogens with two attached hydrogens (primary N) is 1. The molecule has 0 aromatic heterocycles. The molecule has 0 unspecified atom stereocenters. The van der Waals surface area contributed by atoms with Crippen LogP contribution >= 0.6 is 0 Å². The highest BCUT2D eigenvalue weighted by molar-refractivity contribution is 5.59. The molecule has 0 bridgehead atoms. The summed E-state index contributed by atoms with van der Waals surface area (Å²) >= 11 is 0. The molecule has 0 aliphatic carbocycles. The van der Waals surface area contributed by atoms with Crippen LogP contribution in [0.1, 0.15) is 5.56 Å². The van der Waals surface area contributed by atoms with Gasteiger partial charge in [0, 0.05) is 31.5 Å². The van der Waals surface area contributed by atoms with Crippen LogP contribution in [0.3, 0.4) is 0 Å². The highest BCUT2D eigenvalue weighted by Gasteiger charge is 2.41. The lowest BCUT2D eigenvalue weighted by atomic mass is 9.85.